The number of carbonyl (C=O) groups is 1. The summed E-state index contributed by atoms with van der Waals surface area (Å²) in [7, 11) is 0. The van der Waals surface area contributed by atoms with E-state index >= 15 is 0 Å². The van der Waals surface area contributed by atoms with Crippen LogP contribution in [0.2, 0.25) is 0 Å². The highest BCUT2D eigenvalue weighted by molar-refractivity contribution is 5.72. The summed E-state index contributed by atoms with van der Waals surface area (Å²) in [4.78, 5) is 12.4. The highest BCUT2D eigenvalue weighted by Crippen LogP contribution is 2.40. The minimum Gasteiger partial charge on any atom is -0.508 e. The van der Waals surface area contributed by atoms with Crippen molar-refractivity contribution in [3.63, 3.8) is 0 Å². The van der Waals surface area contributed by atoms with Crippen molar-refractivity contribution in [2.24, 2.45) is 17.3 Å². The van der Waals surface area contributed by atoms with Crippen molar-refractivity contribution < 1.29 is 24.1 Å². The van der Waals surface area contributed by atoms with Gasteiger partial charge in [-0.1, -0.05) is 58.9 Å². The van der Waals surface area contributed by atoms with E-state index in [1.807, 2.05) is 31.2 Å². The van der Waals surface area contributed by atoms with E-state index in [1.165, 1.54) is 11.1 Å². The summed E-state index contributed by atoms with van der Waals surface area (Å²) in [6.45, 7) is 13.7. The summed E-state index contributed by atoms with van der Waals surface area (Å²) in [6, 6.07) is 15.8. The number of hydrogen-bond donors (Lipinski definition) is 1. The number of carbonyl (C=O) groups excluding carboxylic acids is 1. The lowest BCUT2D eigenvalue weighted by molar-refractivity contribution is -0.154. The number of rotatable bonds is 12. The molecule has 3 rings (SSSR count). The first-order chi connectivity index (χ1) is 18.1. The summed E-state index contributed by atoms with van der Waals surface area (Å²) < 4.78 is 17.2. The zero-order valence-electron chi connectivity index (χ0n) is 24.2. The molecule has 0 spiro atoms. The molecule has 2 aromatic rings. The van der Waals surface area contributed by atoms with Gasteiger partial charge < -0.3 is 19.3 Å². The van der Waals surface area contributed by atoms with E-state index < -0.39 is 6.29 Å². The van der Waals surface area contributed by atoms with Gasteiger partial charge in [0, 0.05) is 0 Å². The monoisotopic (exact) mass is 524 g/mol. The quantitative estimate of drug-likeness (QED) is 0.172. The van der Waals surface area contributed by atoms with E-state index in [0.29, 0.717) is 35.5 Å². The normalized spacial score (nSPS) is 20.4. The minimum atomic E-state index is -0.432. The van der Waals surface area contributed by atoms with E-state index in [-0.39, 0.29) is 18.5 Å². The number of esters is 1. The lowest BCUT2D eigenvalue weighted by Gasteiger charge is -2.36. The van der Waals surface area contributed by atoms with Crippen LogP contribution in [0.4, 0.5) is 0 Å². The summed E-state index contributed by atoms with van der Waals surface area (Å²) in [5, 5.41) is 9.55. The summed E-state index contributed by atoms with van der Waals surface area (Å²) >= 11 is 0. The van der Waals surface area contributed by atoms with Crippen molar-refractivity contribution >= 4 is 5.97 Å². The topological polar surface area (TPSA) is 65.0 Å². The average molecular weight is 525 g/mol. The van der Waals surface area contributed by atoms with Gasteiger partial charge in [0.2, 0.25) is 0 Å². The Bertz CT molecular complexity index is 968. The molecule has 0 aromatic heterocycles. The van der Waals surface area contributed by atoms with Gasteiger partial charge in [0.1, 0.15) is 18.1 Å². The Balaban J connectivity index is 1.37. The standard InChI is InChI=1S/C33H48O5/c1-7-25(22-23(2)26-10-16-30(34)17-11-26)27-12-18-31(19-13-27)38-24(3)36-20-21-37-32(35)28-8-14-29(15-9-28)33(4,5)6/h10-13,16-19,23-25,28-29,34H,7-9,14-15,20-22H2,1-6H3. The maximum absolute atomic E-state index is 12.4. The van der Waals surface area contributed by atoms with E-state index in [4.69, 9.17) is 14.2 Å². The van der Waals surface area contributed by atoms with E-state index in [2.05, 4.69) is 46.8 Å². The molecule has 0 radical (unpaired) electrons. The Morgan fingerprint density at radius 2 is 1.53 bits per heavy atom. The second-order valence-electron chi connectivity index (χ2n) is 12.0. The van der Waals surface area contributed by atoms with E-state index in [9.17, 15) is 9.90 Å². The first kappa shape index (κ1) is 30.0. The van der Waals surface area contributed by atoms with E-state index in [0.717, 1.165) is 44.3 Å². The van der Waals surface area contributed by atoms with Crippen LogP contribution in [-0.4, -0.2) is 30.6 Å². The molecule has 1 saturated carbocycles. The van der Waals surface area contributed by atoms with E-state index in [1.54, 1.807) is 12.1 Å². The largest absolute Gasteiger partial charge is 0.508 e. The van der Waals surface area contributed by atoms with Crippen LogP contribution >= 0.6 is 0 Å². The molecule has 1 aliphatic rings. The third kappa shape index (κ3) is 9.04. The van der Waals surface area contributed by atoms with Gasteiger partial charge >= 0.3 is 5.97 Å². The third-order valence-corrected chi connectivity index (χ3v) is 8.21. The molecule has 210 valence electrons. The van der Waals surface area contributed by atoms with Gasteiger partial charge in [-0.15, -0.1) is 0 Å². The van der Waals surface area contributed by atoms with Crippen molar-refractivity contribution in [1.82, 2.24) is 0 Å². The van der Waals surface area contributed by atoms with Crippen LogP contribution in [0.5, 0.6) is 11.5 Å². The van der Waals surface area contributed by atoms with Gasteiger partial charge in [-0.3, -0.25) is 4.79 Å². The predicted octanol–water partition coefficient (Wildman–Crippen LogP) is 8.22. The van der Waals surface area contributed by atoms with Gasteiger partial charge in [0.15, 0.2) is 6.29 Å². The molecule has 0 heterocycles. The SMILES string of the molecule is CCC(CC(C)c1ccc(O)cc1)c1ccc(OC(C)OCCOC(=O)C2CCC(C(C)(C)C)CC2)cc1. The van der Waals surface area contributed by atoms with Crippen molar-refractivity contribution in [3.8, 4) is 11.5 Å². The van der Waals surface area contributed by atoms with Crippen molar-refractivity contribution in [3.05, 3.63) is 59.7 Å². The second-order valence-corrected chi connectivity index (χ2v) is 12.0. The number of phenolic OH excluding ortho intramolecular Hbond substituents is 1. The van der Waals surface area contributed by atoms with Crippen LogP contribution in [-0.2, 0) is 14.3 Å². The Kier molecular flexibility index (Phi) is 11.1. The molecule has 38 heavy (non-hydrogen) atoms. The molecular formula is C33H48O5. The summed E-state index contributed by atoms with van der Waals surface area (Å²) in [5.74, 6) is 2.53. The highest BCUT2D eigenvalue weighted by atomic mass is 16.7. The highest BCUT2D eigenvalue weighted by Gasteiger charge is 2.33. The molecule has 0 aliphatic heterocycles. The summed E-state index contributed by atoms with van der Waals surface area (Å²) in [5.41, 5.74) is 2.85. The molecule has 3 unspecified atom stereocenters. The van der Waals surface area contributed by atoms with Crippen molar-refractivity contribution in [1.29, 1.82) is 0 Å². The van der Waals surface area contributed by atoms with Gasteiger partial charge in [-0.05, 0) is 104 Å². The Labute approximate surface area is 229 Å². The second kappa shape index (κ2) is 14.0. The first-order valence-corrected chi connectivity index (χ1v) is 14.4. The molecule has 0 amide bonds. The molecule has 1 fully saturated rings. The summed E-state index contributed by atoms with van der Waals surface area (Å²) in [6.07, 6.45) is 5.70. The zero-order chi connectivity index (χ0) is 27.7. The van der Waals surface area contributed by atoms with Crippen LogP contribution in [0, 0.1) is 17.3 Å². The maximum Gasteiger partial charge on any atom is 0.309 e. The fourth-order valence-electron chi connectivity index (χ4n) is 5.62. The lowest BCUT2D eigenvalue weighted by atomic mass is 9.70. The number of aromatic hydroxyl groups is 1. The van der Waals surface area contributed by atoms with Crippen LogP contribution in [0.25, 0.3) is 0 Å². The van der Waals surface area contributed by atoms with Crippen LogP contribution < -0.4 is 4.74 Å². The smallest absolute Gasteiger partial charge is 0.309 e. The number of hydrogen-bond acceptors (Lipinski definition) is 5. The zero-order valence-corrected chi connectivity index (χ0v) is 24.2. The van der Waals surface area contributed by atoms with Gasteiger partial charge in [-0.25, -0.2) is 0 Å². The molecule has 3 atom stereocenters. The molecular weight excluding hydrogens is 476 g/mol. The van der Waals surface area contributed by atoms with Crippen molar-refractivity contribution in [2.75, 3.05) is 13.2 Å². The third-order valence-electron chi connectivity index (χ3n) is 8.21. The van der Waals surface area contributed by atoms with Gasteiger partial charge in [-0.2, -0.15) is 0 Å². The van der Waals surface area contributed by atoms with Crippen LogP contribution in [0.15, 0.2) is 48.5 Å². The number of phenols is 1. The molecule has 0 saturated heterocycles. The fraction of sp³-hybridized carbons (Fsp3) is 0.606. The maximum atomic E-state index is 12.4. The van der Waals surface area contributed by atoms with Crippen LogP contribution in [0.3, 0.4) is 0 Å². The average Bonchev–Trinajstić information content (AvgIpc) is 2.90. The molecule has 0 bridgehead atoms. The predicted molar refractivity (Wildman–Crippen MR) is 153 cm³/mol. The Hall–Kier alpha value is -2.53. The van der Waals surface area contributed by atoms with Crippen molar-refractivity contribution in [2.45, 2.75) is 98.2 Å². The molecule has 5 nitrogen and oxygen atoms in total. The Morgan fingerprint density at radius 1 is 0.921 bits per heavy atom. The minimum absolute atomic E-state index is 0.0248. The molecule has 2 aromatic carbocycles. The molecule has 1 N–H and O–H groups in total. The van der Waals surface area contributed by atoms with Gasteiger partial charge in [0.25, 0.3) is 0 Å². The van der Waals surface area contributed by atoms with Gasteiger partial charge in [0.05, 0.1) is 12.5 Å². The molecule has 1 aliphatic carbocycles. The molecule has 5 heteroatoms. The fourth-order valence-corrected chi connectivity index (χ4v) is 5.62. The Morgan fingerprint density at radius 3 is 2.11 bits per heavy atom. The van der Waals surface area contributed by atoms with Crippen LogP contribution in [0.1, 0.15) is 103 Å². The number of ether oxygens (including phenoxy) is 3. The lowest BCUT2D eigenvalue weighted by Crippen LogP contribution is -2.30. The first-order valence-electron chi connectivity index (χ1n) is 14.4. The number of benzene rings is 2.